The number of hydrogen-bond donors (Lipinski definition) is 1. The lowest BCUT2D eigenvalue weighted by molar-refractivity contribution is 0.0271. The zero-order valence-electron chi connectivity index (χ0n) is 17.6. The normalized spacial score (nSPS) is 14.2. The van der Waals surface area contributed by atoms with Crippen molar-refractivity contribution in [3.8, 4) is 11.4 Å². The second-order valence-electron chi connectivity index (χ2n) is 7.32. The van der Waals surface area contributed by atoms with E-state index < -0.39 is 0 Å². The first-order chi connectivity index (χ1) is 15.2. The summed E-state index contributed by atoms with van der Waals surface area (Å²) >= 11 is 0. The van der Waals surface area contributed by atoms with Gasteiger partial charge in [0.2, 0.25) is 0 Å². The minimum absolute atomic E-state index is 0.0958. The molecule has 2 heterocycles. The lowest BCUT2D eigenvalue weighted by Gasteiger charge is -2.37. The number of phenolic OH excluding ortho intramolecular Hbond substituents is 1. The molecule has 9 nitrogen and oxygen atoms in total. The molecule has 1 saturated heterocycles. The number of aromatic nitrogens is 3. The van der Waals surface area contributed by atoms with Gasteiger partial charge >= 0.3 is 5.69 Å². The molecule has 1 aromatic heterocycles. The molecule has 0 bridgehead atoms. The van der Waals surface area contributed by atoms with Crippen LogP contribution in [0.15, 0.2) is 59.7 Å². The van der Waals surface area contributed by atoms with Crippen LogP contribution in [0.25, 0.3) is 5.69 Å². The van der Waals surface area contributed by atoms with Crippen LogP contribution in [-0.4, -0.2) is 66.0 Å². The number of aromatic hydroxyl groups is 1. The highest BCUT2D eigenvalue weighted by Crippen LogP contribution is 2.23. The van der Waals surface area contributed by atoms with Gasteiger partial charge in [0.25, 0.3) is 0 Å². The number of ether oxygens (including phenoxy) is 2. The van der Waals surface area contributed by atoms with Crippen molar-refractivity contribution in [2.75, 3.05) is 56.3 Å². The molecule has 0 saturated carbocycles. The summed E-state index contributed by atoms with van der Waals surface area (Å²) in [5.74, 6) is 0.283. The van der Waals surface area contributed by atoms with Gasteiger partial charge in [-0.1, -0.05) is 0 Å². The number of rotatable bonds is 8. The van der Waals surface area contributed by atoms with Crippen LogP contribution in [0.1, 0.15) is 0 Å². The summed E-state index contributed by atoms with van der Waals surface area (Å²) in [6, 6.07) is 15.3. The van der Waals surface area contributed by atoms with E-state index in [0.29, 0.717) is 13.2 Å². The Kier molecular flexibility index (Phi) is 6.54. The molecule has 9 heteroatoms. The van der Waals surface area contributed by atoms with Crippen LogP contribution < -0.4 is 15.5 Å². The van der Waals surface area contributed by atoms with Crippen molar-refractivity contribution in [2.24, 2.45) is 0 Å². The summed E-state index contributed by atoms with van der Waals surface area (Å²) < 4.78 is 13.1. The first-order valence-electron chi connectivity index (χ1n) is 10.3. The predicted molar refractivity (Wildman–Crippen MR) is 118 cm³/mol. The highest BCUT2D eigenvalue weighted by atomic mass is 16.5. The number of nitrogens with zero attached hydrogens (tertiary/aromatic N) is 5. The van der Waals surface area contributed by atoms with E-state index >= 15 is 0 Å². The SMILES string of the molecule is COCCOCn1ncn(-c2ccc(N3CCN(c4ccc(O)cc4)CC3)cc2)c1=O. The van der Waals surface area contributed by atoms with Crippen LogP contribution in [0.2, 0.25) is 0 Å². The monoisotopic (exact) mass is 425 g/mol. The van der Waals surface area contributed by atoms with Gasteiger partial charge in [0, 0.05) is 44.7 Å². The largest absolute Gasteiger partial charge is 0.508 e. The molecule has 3 aromatic rings. The smallest absolute Gasteiger partial charge is 0.352 e. The zero-order chi connectivity index (χ0) is 21.6. The molecule has 31 heavy (non-hydrogen) atoms. The summed E-state index contributed by atoms with van der Waals surface area (Å²) in [6.07, 6.45) is 1.51. The van der Waals surface area contributed by atoms with Gasteiger partial charge in [-0.3, -0.25) is 0 Å². The molecule has 0 aliphatic carbocycles. The fourth-order valence-corrected chi connectivity index (χ4v) is 3.61. The summed E-state index contributed by atoms with van der Waals surface area (Å²) in [5, 5.41) is 13.6. The maximum absolute atomic E-state index is 12.5. The van der Waals surface area contributed by atoms with Gasteiger partial charge in [-0.15, -0.1) is 0 Å². The van der Waals surface area contributed by atoms with Crippen LogP contribution >= 0.6 is 0 Å². The second kappa shape index (κ2) is 9.67. The fraction of sp³-hybridized carbons (Fsp3) is 0.364. The first-order valence-corrected chi connectivity index (χ1v) is 10.3. The van der Waals surface area contributed by atoms with E-state index in [0.717, 1.165) is 43.2 Å². The minimum atomic E-state index is -0.243. The lowest BCUT2D eigenvalue weighted by Crippen LogP contribution is -2.46. The molecule has 1 fully saturated rings. The third-order valence-corrected chi connectivity index (χ3v) is 5.37. The standard InChI is InChI=1S/C22H27N5O4/c1-30-14-15-31-17-27-22(29)26(16-23-27)20-4-2-18(3-5-20)24-10-12-25(13-11-24)19-6-8-21(28)9-7-19/h2-9,16,28H,10-15,17H2,1H3. The second-order valence-corrected chi connectivity index (χ2v) is 7.32. The van der Waals surface area contributed by atoms with Crippen molar-refractivity contribution in [1.82, 2.24) is 14.3 Å². The quantitative estimate of drug-likeness (QED) is 0.550. The average molecular weight is 425 g/mol. The van der Waals surface area contributed by atoms with Crippen LogP contribution in [0.3, 0.4) is 0 Å². The Bertz CT molecular complexity index is 1020. The van der Waals surface area contributed by atoms with Crippen LogP contribution in [0.4, 0.5) is 11.4 Å². The van der Waals surface area contributed by atoms with Gasteiger partial charge in [0.15, 0.2) is 0 Å². The third kappa shape index (κ3) is 4.89. The lowest BCUT2D eigenvalue weighted by atomic mass is 10.2. The van der Waals surface area contributed by atoms with Crippen LogP contribution in [0.5, 0.6) is 5.75 Å². The number of phenols is 1. The maximum atomic E-state index is 12.5. The molecule has 1 aliphatic rings. The van der Waals surface area contributed by atoms with Gasteiger partial charge in [0.1, 0.15) is 18.8 Å². The summed E-state index contributed by atoms with van der Waals surface area (Å²) in [4.78, 5) is 17.2. The summed E-state index contributed by atoms with van der Waals surface area (Å²) in [6.45, 7) is 4.58. The molecule has 0 spiro atoms. The maximum Gasteiger partial charge on any atom is 0.352 e. The van der Waals surface area contributed by atoms with Gasteiger partial charge in [-0.05, 0) is 48.5 Å². The molecule has 0 radical (unpaired) electrons. The Morgan fingerprint density at radius 3 is 2.00 bits per heavy atom. The number of methoxy groups -OCH3 is 1. The molecular weight excluding hydrogens is 398 g/mol. The molecular formula is C22H27N5O4. The Hall–Kier alpha value is -3.30. The minimum Gasteiger partial charge on any atom is -0.508 e. The van der Waals surface area contributed by atoms with Crippen molar-refractivity contribution in [3.05, 3.63) is 65.3 Å². The summed E-state index contributed by atoms with van der Waals surface area (Å²) in [7, 11) is 1.60. The number of benzene rings is 2. The van der Waals surface area contributed by atoms with E-state index in [4.69, 9.17) is 9.47 Å². The zero-order valence-corrected chi connectivity index (χ0v) is 17.6. The number of piperazine rings is 1. The topological polar surface area (TPSA) is 85.0 Å². The van der Waals surface area contributed by atoms with Crippen molar-refractivity contribution in [2.45, 2.75) is 6.73 Å². The Labute approximate surface area is 180 Å². The molecule has 1 N–H and O–H groups in total. The Morgan fingerprint density at radius 1 is 0.871 bits per heavy atom. The van der Waals surface area contributed by atoms with E-state index in [1.807, 2.05) is 36.4 Å². The third-order valence-electron chi connectivity index (χ3n) is 5.37. The molecule has 1 aliphatic heterocycles. The molecule has 164 valence electrons. The van der Waals surface area contributed by atoms with E-state index in [9.17, 15) is 9.90 Å². The highest BCUT2D eigenvalue weighted by molar-refractivity contribution is 5.54. The van der Waals surface area contributed by atoms with E-state index in [-0.39, 0.29) is 18.2 Å². The molecule has 0 atom stereocenters. The van der Waals surface area contributed by atoms with Gasteiger partial charge in [-0.25, -0.2) is 9.36 Å². The van der Waals surface area contributed by atoms with Crippen molar-refractivity contribution in [1.29, 1.82) is 0 Å². The molecule has 4 rings (SSSR count). The predicted octanol–water partition coefficient (Wildman–Crippen LogP) is 1.69. The van der Waals surface area contributed by atoms with Gasteiger partial charge in [-0.2, -0.15) is 9.78 Å². The van der Waals surface area contributed by atoms with Crippen molar-refractivity contribution in [3.63, 3.8) is 0 Å². The number of anilines is 2. The van der Waals surface area contributed by atoms with Crippen LogP contribution in [-0.2, 0) is 16.2 Å². The number of hydrogen-bond acceptors (Lipinski definition) is 7. The Morgan fingerprint density at radius 2 is 1.42 bits per heavy atom. The molecule has 0 unspecified atom stereocenters. The van der Waals surface area contributed by atoms with E-state index in [2.05, 4.69) is 14.9 Å². The van der Waals surface area contributed by atoms with Gasteiger partial charge in [0.05, 0.1) is 18.9 Å². The average Bonchev–Trinajstić information content (AvgIpc) is 3.18. The fourth-order valence-electron chi connectivity index (χ4n) is 3.61. The molecule has 2 aromatic carbocycles. The molecule has 0 amide bonds. The van der Waals surface area contributed by atoms with Crippen molar-refractivity contribution < 1.29 is 14.6 Å². The highest BCUT2D eigenvalue weighted by Gasteiger charge is 2.18. The first kappa shape index (κ1) is 21.0. The van der Waals surface area contributed by atoms with Gasteiger partial charge < -0.3 is 24.4 Å². The Balaban J connectivity index is 1.36. The van der Waals surface area contributed by atoms with Crippen LogP contribution in [0, 0.1) is 0 Å². The summed E-state index contributed by atoms with van der Waals surface area (Å²) in [5.41, 5.74) is 2.76. The van der Waals surface area contributed by atoms with E-state index in [1.165, 1.54) is 15.6 Å². The van der Waals surface area contributed by atoms with Crippen molar-refractivity contribution >= 4 is 11.4 Å². The van der Waals surface area contributed by atoms with E-state index in [1.54, 1.807) is 19.2 Å².